The zero-order valence-corrected chi connectivity index (χ0v) is 15.0. The summed E-state index contributed by atoms with van der Waals surface area (Å²) < 4.78 is 30.2. The highest BCUT2D eigenvalue weighted by Crippen LogP contribution is 2.21. The zero-order valence-electron chi connectivity index (χ0n) is 14.2. The van der Waals surface area contributed by atoms with Gasteiger partial charge in [0.15, 0.2) is 9.84 Å². The minimum atomic E-state index is -3.65. The molecule has 0 aliphatic carbocycles. The smallest absolute Gasteiger partial charge is 0.302 e. The van der Waals surface area contributed by atoms with E-state index in [9.17, 15) is 18.0 Å². The van der Waals surface area contributed by atoms with Gasteiger partial charge in [-0.05, 0) is 26.0 Å². The number of sulfone groups is 1. The van der Waals surface area contributed by atoms with E-state index in [2.05, 4.69) is 0 Å². The number of hydrogen-bond acceptors (Lipinski definition) is 5. The van der Waals surface area contributed by atoms with E-state index in [1.165, 1.54) is 19.1 Å². The van der Waals surface area contributed by atoms with Crippen LogP contribution in [0.2, 0.25) is 0 Å². The lowest BCUT2D eigenvalue weighted by molar-refractivity contribution is -0.149. The standard InChI is InChI=1S/C17H24O5S/c1-11(2)17(19)16(13(4)22-14(5)18)10-23(20,21)15-8-6-12(3)7-9-15/h6-9,11,13,16H,10H2,1-5H3/t13-,16+/m0/s1. The van der Waals surface area contributed by atoms with Gasteiger partial charge in [-0.15, -0.1) is 0 Å². The van der Waals surface area contributed by atoms with Gasteiger partial charge in [0.25, 0.3) is 0 Å². The van der Waals surface area contributed by atoms with Crippen LogP contribution in [0, 0.1) is 18.8 Å². The summed E-state index contributed by atoms with van der Waals surface area (Å²) in [6.07, 6.45) is -0.789. The molecular formula is C17H24O5S. The predicted octanol–water partition coefficient (Wildman–Crippen LogP) is 2.56. The van der Waals surface area contributed by atoms with E-state index in [0.29, 0.717) is 0 Å². The first-order valence-electron chi connectivity index (χ1n) is 7.55. The third kappa shape index (κ3) is 5.46. The Morgan fingerprint density at radius 1 is 1.09 bits per heavy atom. The Morgan fingerprint density at radius 3 is 2.04 bits per heavy atom. The fourth-order valence-corrected chi connectivity index (χ4v) is 3.95. The van der Waals surface area contributed by atoms with Crippen LogP contribution >= 0.6 is 0 Å². The van der Waals surface area contributed by atoms with Crippen LogP contribution in [0.15, 0.2) is 29.2 Å². The molecule has 0 aliphatic rings. The molecule has 0 N–H and O–H groups in total. The molecule has 0 saturated carbocycles. The maximum atomic E-state index is 12.6. The van der Waals surface area contributed by atoms with Gasteiger partial charge in [0, 0.05) is 12.8 Å². The molecule has 1 aromatic rings. The highest BCUT2D eigenvalue weighted by atomic mass is 32.2. The van der Waals surface area contributed by atoms with Gasteiger partial charge in [0.1, 0.15) is 11.9 Å². The van der Waals surface area contributed by atoms with Crippen molar-refractivity contribution < 1.29 is 22.7 Å². The van der Waals surface area contributed by atoms with E-state index in [4.69, 9.17) is 4.74 Å². The summed E-state index contributed by atoms with van der Waals surface area (Å²) in [5.41, 5.74) is 0.951. The predicted molar refractivity (Wildman–Crippen MR) is 87.8 cm³/mol. The van der Waals surface area contributed by atoms with E-state index >= 15 is 0 Å². The van der Waals surface area contributed by atoms with Crippen LogP contribution in [-0.4, -0.2) is 32.0 Å². The lowest BCUT2D eigenvalue weighted by Gasteiger charge is -2.24. The third-order valence-electron chi connectivity index (χ3n) is 3.63. The number of benzene rings is 1. The molecule has 23 heavy (non-hydrogen) atoms. The van der Waals surface area contributed by atoms with Crippen molar-refractivity contribution >= 4 is 21.6 Å². The van der Waals surface area contributed by atoms with Gasteiger partial charge in [0.05, 0.1) is 16.6 Å². The summed E-state index contributed by atoms with van der Waals surface area (Å²) in [4.78, 5) is 23.7. The highest BCUT2D eigenvalue weighted by molar-refractivity contribution is 7.91. The van der Waals surface area contributed by atoms with Gasteiger partial charge >= 0.3 is 5.97 Å². The van der Waals surface area contributed by atoms with Crippen molar-refractivity contribution in [1.29, 1.82) is 0 Å². The van der Waals surface area contributed by atoms with Crippen LogP contribution in [0.4, 0.5) is 0 Å². The van der Waals surface area contributed by atoms with E-state index in [1.54, 1.807) is 32.9 Å². The normalized spacial score (nSPS) is 14.3. The molecular weight excluding hydrogens is 316 g/mol. The van der Waals surface area contributed by atoms with Crippen LogP contribution < -0.4 is 0 Å². The van der Waals surface area contributed by atoms with E-state index in [-0.39, 0.29) is 22.3 Å². The topological polar surface area (TPSA) is 77.5 Å². The third-order valence-corrected chi connectivity index (χ3v) is 5.42. The largest absolute Gasteiger partial charge is 0.462 e. The number of Topliss-reactive ketones (excluding diaryl/α,β-unsaturated/α-hetero) is 1. The Kier molecular flexibility index (Phi) is 6.50. The molecule has 0 radical (unpaired) electrons. The van der Waals surface area contributed by atoms with Gasteiger partial charge in [-0.3, -0.25) is 9.59 Å². The van der Waals surface area contributed by atoms with Gasteiger partial charge in [-0.2, -0.15) is 0 Å². The molecule has 6 heteroatoms. The summed E-state index contributed by atoms with van der Waals surface area (Å²) in [5.74, 6) is -2.36. The number of esters is 1. The molecule has 2 atom stereocenters. The summed E-state index contributed by atoms with van der Waals surface area (Å²) >= 11 is 0. The van der Waals surface area contributed by atoms with Crippen molar-refractivity contribution in [3.8, 4) is 0 Å². The first kappa shape index (κ1) is 19.4. The molecule has 0 fully saturated rings. The van der Waals surface area contributed by atoms with Gasteiger partial charge in [-0.25, -0.2) is 8.42 Å². The van der Waals surface area contributed by atoms with Crippen molar-refractivity contribution in [1.82, 2.24) is 0 Å². The Labute approximate surface area is 138 Å². The van der Waals surface area contributed by atoms with Crippen LogP contribution in [0.25, 0.3) is 0 Å². The maximum Gasteiger partial charge on any atom is 0.302 e. The number of carbonyl (C=O) groups is 2. The fourth-order valence-electron chi connectivity index (χ4n) is 2.30. The summed E-state index contributed by atoms with van der Waals surface area (Å²) in [6, 6.07) is 6.47. The minimum Gasteiger partial charge on any atom is -0.462 e. The summed E-state index contributed by atoms with van der Waals surface area (Å²) in [6.45, 7) is 8.06. The Hall–Kier alpha value is -1.69. The van der Waals surface area contributed by atoms with Crippen LogP contribution in [0.1, 0.15) is 33.3 Å². The number of ether oxygens (including phenoxy) is 1. The number of ketones is 1. The molecule has 0 unspecified atom stereocenters. The molecule has 0 amide bonds. The number of rotatable bonds is 7. The SMILES string of the molecule is CC(=O)O[C@@H](C)[C@@H](CS(=O)(=O)c1ccc(C)cc1)C(=O)C(C)C. The first-order chi connectivity index (χ1) is 10.5. The Morgan fingerprint density at radius 2 is 1.61 bits per heavy atom. The first-order valence-corrected chi connectivity index (χ1v) is 9.20. The van der Waals surface area contributed by atoms with Gasteiger partial charge < -0.3 is 4.74 Å². The van der Waals surface area contributed by atoms with Crippen molar-refractivity contribution in [2.24, 2.45) is 11.8 Å². The lowest BCUT2D eigenvalue weighted by Crippen LogP contribution is -2.37. The lowest BCUT2D eigenvalue weighted by atomic mass is 9.93. The quantitative estimate of drug-likeness (QED) is 0.713. The van der Waals surface area contributed by atoms with Gasteiger partial charge in [-0.1, -0.05) is 31.5 Å². The summed E-state index contributed by atoms with van der Waals surface area (Å²) in [7, 11) is -3.65. The number of aryl methyl sites for hydroxylation is 1. The maximum absolute atomic E-state index is 12.6. The molecule has 1 aromatic carbocycles. The van der Waals surface area contributed by atoms with E-state index < -0.39 is 27.8 Å². The molecule has 1 rings (SSSR count). The molecule has 0 spiro atoms. The van der Waals surface area contributed by atoms with Crippen molar-refractivity contribution in [3.05, 3.63) is 29.8 Å². The molecule has 0 heterocycles. The zero-order chi connectivity index (χ0) is 17.8. The minimum absolute atomic E-state index is 0.166. The average Bonchev–Trinajstić information content (AvgIpc) is 2.43. The van der Waals surface area contributed by atoms with Crippen molar-refractivity contribution in [2.75, 3.05) is 5.75 Å². The average molecular weight is 340 g/mol. The van der Waals surface area contributed by atoms with Crippen LogP contribution in [-0.2, 0) is 24.2 Å². The molecule has 0 bridgehead atoms. The molecule has 128 valence electrons. The molecule has 5 nitrogen and oxygen atoms in total. The van der Waals surface area contributed by atoms with Gasteiger partial charge in [0.2, 0.25) is 0 Å². The Bertz CT molecular complexity index is 659. The Balaban J connectivity index is 3.10. The van der Waals surface area contributed by atoms with Crippen LogP contribution in [0.5, 0.6) is 0 Å². The van der Waals surface area contributed by atoms with E-state index in [1.807, 2.05) is 6.92 Å². The fraction of sp³-hybridized carbons (Fsp3) is 0.529. The van der Waals surface area contributed by atoms with Crippen LogP contribution in [0.3, 0.4) is 0 Å². The molecule has 0 aromatic heterocycles. The second-order valence-electron chi connectivity index (χ2n) is 6.07. The van der Waals surface area contributed by atoms with Crippen molar-refractivity contribution in [2.45, 2.75) is 45.6 Å². The van der Waals surface area contributed by atoms with E-state index in [0.717, 1.165) is 5.56 Å². The monoisotopic (exact) mass is 340 g/mol. The highest BCUT2D eigenvalue weighted by Gasteiger charge is 2.34. The number of hydrogen-bond donors (Lipinski definition) is 0. The van der Waals surface area contributed by atoms with Crippen molar-refractivity contribution in [3.63, 3.8) is 0 Å². The second kappa shape index (κ2) is 7.73. The molecule has 0 saturated heterocycles. The second-order valence-corrected chi connectivity index (χ2v) is 8.11. The number of carbonyl (C=O) groups excluding carboxylic acids is 2. The molecule has 0 aliphatic heterocycles. The summed E-state index contributed by atoms with van der Waals surface area (Å²) in [5, 5.41) is 0.